The van der Waals surface area contributed by atoms with E-state index in [1.807, 2.05) is 0 Å². The zero-order valence-corrected chi connectivity index (χ0v) is 9.05. The average Bonchev–Trinajstić information content (AvgIpc) is 2.92. The van der Waals surface area contributed by atoms with Crippen LogP contribution in [0.4, 0.5) is 5.69 Å². The molecular formula is C10H13N3O3. The summed E-state index contributed by atoms with van der Waals surface area (Å²) < 4.78 is 1.46. The lowest BCUT2D eigenvalue weighted by molar-refractivity contribution is -0.385. The number of aryl methyl sites for hydroxylation is 1. The SMILES string of the molecule is CC(=O)c1c([N+](=O)[O-])cnn1CCC1CC1. The van der Waals surface area contributed by atoms with E-state index in [0.717, 1.165) is 12.6 Å². The zero-order valence-electron chi connectivity index (χ0n) is 9.05. The van der Waals surface area contributed by atoms with Crippen molar-refractivity contribution < 1.29 is 9.72 Å². The number of aromatic nitrogens is 2. The maximum atomic E-state index is 11.3. The molecule has 1 aromatic rings. The van der Waals surface area contributed by atoms with Crippen LogP contribution in [0.2, 0.25) is 0 Å². The van der Waals surface area contributed by atoms with Crippen LogP contribution in [-0.4, -0.2) is 20.5 Å². The van der Waals surface area contributed by atoms with Crippen LogP contribution in [0, 0.1) is 16.0 Å². The number of Topliss-reactive ketones (excluding diaryl/α,β-unsaturated/α-hetero) is 1. The molecule has 0 aliphatic heterocycles. The summed E-state index contributed by atoms with van der Waals surface area (Å²) in [7, 11) is 0. The summed E-state index contributed by atoms with van der Waals surface area (Å²) in [6, 6.07) is 0. The third kappa shape index (κ3) is 2.10. The smallest absolute Gasteiger partial charge is 0.292 e. The minimum atomic E-state index is -0.558. The molecule has 0 spiro atoms. The van der Waals surface area contributed by atoms with Gasteiger partial charge in [-0.15, -0.1) is 0 Å². The summed E-state index contributed by atoms with van der Waals surface area (Å²) >= 11 is 0. The summed E-state index contributed by atoms with van der Waals surface area (Å²) in [5.41, 5.74) is -0.0750. The highest BCUT2D eigenvalue weighted by atomic mass is 16.6. The standard InChI is InChI=1S/C10H13N3O3/c1-7(14)10-9(13(15)16)6-11-12(10)5-4-8-2-3-8/h6,8H,2-5H2,1H3. The second-order valence-corrected chi connectivity index (χ2v) is 4.15. The molecule has 16 heavy (non-hydrogen) atoms. The number of nitrogens with zero attached hydrogens (tertiary/aromatic N) is 3. The quantitative estimate of drug-likeness (QED) is 0.433. The van der Waals surface area contributed by atoms with Crippen molar-refractivity contribution in [3.8, 4) is 0 Å². The van der Waals surface area contributed by atoms with Crippen LogP contribution < -0.4 is 0 Å². The van der Waals surface area contributed by atoms with E-state index in [4.69, 9.17) is 0 Å². The summed E-state index contributed by atoms with van der Waals surface area (Å²) in [5.74, 6) is 0.406. The van der Waals surface area contributed by atoms with E-state index in [0.29, 0.717) is 12.5 Å². The highest BCUT2D eigenvalue weighted by Gasteiger charge is 2.26. The highest BCUT2D eigenvalue weighted by molar-refractivity contribution is 5.96. The van der Waals surface area contributed by atoms with Gasteiger partial charge >= 0.3 is 5.69 Å². The largest absolute Gasteiger partial charge is 0.317 e. The molecular weight excluding hydrogens is 210 g/mol. The van der Waals surface area contributed by atoms with E-state index in [1.165, 1.54) is 24.4 Å². The second kappa shape index (κ2) is 4.03. The Morgan fingerprint density at radius 2 is 2.38 bits per heavy atom. The lowest BCUT2D eigenvalue weighted by Crippen LogP contribution is -2.10. The number of carbonyl (C=O) groups is 1. The zero-order chi connectivity index (χ0) is 11.7. The number of ketones is 1. The first-order chi connectivity index (χ1) is 7.59. The number of carbonyl (C=O) groups excluding carboxylic acids is 1. The van der Waals surface area contributed by atoms with Gasteiger partial charge in [-0.3, -0.25) is 19.6 Å². The Hall–Kier alpha value is -1.72. The van der Waals surface area contributed by atoms with Gasteiger partial charge < -0.3 is 0 Å². The van der Waals surface area contributed by atoms with Crippen LogP contribution in [0.5, 0.6) is 0 Å². The van der Waals surface area contributed by atoms with Crippen LogP contribution >= 0.6 is 0 Å². The van der Waals surface area contributed by atoms with Crippen molar-refractivity contribution >= 4 is 11.5 Å². The molecule has 1 heterocycles. The fourth-order valence-electron chi connectivity index (χ4n) is 1.75. The molecule has 1 aliphatic carbocycles. The summed E-state index contributed by atoms with van der Waals surface area (Å²) in [6.07, 6.45) is 4.54. The number of hydrogen-bond donors (Lipinski definition) is 0. The van der Waals surface area contributed by atoms with Crippen LogP contribution in [-0.2, 0) is 6.54 Å². The van der Waals surface area contributed by atoms with E-state index in [9.17, 15) is 14.9 Å². The van der Waals surface area contributed by atoms with Crippen LogP contribution in [0.15, 0.2) is 6.20 Å². The molecule has 0 N–H and O–H groups in total. The molecule has 6 heteroatoms. The fraction of sp³-hybridized carbons (Fsp3) is 0.600. The van der Waals surface area contributed by atoms with Crippen molar-refractivity contribution in [2.75, 3.05) is 0 Å². The Balaban J connectivity index is 2.21. The second-order valence-electron chi connectivity index (χ2n) is 4.15. The highest BCUT2D eigenvalue weighted by Crippen LogP contribution is 2.33. The number of rotatable bonds is 5. The summed E-state index contributed by atoms with van der Waals surface area (Å²) in [5, 5.41) is 14.6. The molecule has 0 saturated heterocycles. The third-order valence-electron chi connectivity index (χ3n) is 2.80. The molecule has 2 rings (SSSR count). The van der Waals surface area contributed by atoms with Gasteiger partial charge in [0.1, 0.15) is 6.20 Å². The predicted octanol–water partition coefficient (Wildman–Crippen LogP) is 1.79. The average molecular weight is 223 g/mol. The van der Waals surface area contributed by atoms with Gasteiger partial charge in [-0.05, 0) is 12.3 Å². The van der Waals surface area contributed by atoms with Gasteiger partial charge in [-0.2, -0.15) is 5.10 Å². The van der Waals surface area contributed by atoms with Gasteiger partial charge in [0.05, 0.1) is 4.92 Å². The Labute approximate surface area is 92.4 Å². The lowest BCUT2D eigenvalue weighted by Gasteiger charge is -2.03. The number of hydrogen-bond acceptors (Lipinski definition) is 4. The van der Waals surface area contributed by atoms with Gasteiger partial charge in [0.25, 0.3) is 0 Å². The molecule has 0 atom stereocenters. The fourth-order valence-corrected chi connectivity index (χ4v) is 1.75. The van der Waals surface area contributed by atoms with Crippen molar-refractivity contribution in [2.45, 2.75) is 32.7 Å². The molecule has 86 valence electrons. The van der Waals surface area contributed by atoms with E-state index in [1.54, 1.807) is 0 Å². The Bertz CT molecular complexity index is 435. The Kier molecular flexibility index (Phi) is 2.72. The normalized spacial score (nSPS) is 15.1. The van der Waals surface area contributed by atoms with Crippen molar-refractivity contribution in [1.29, 1.82) is 0 Å². The number of nitro groups is 1. The minimum absolute atomic E-state index is 0.116. The third-order valence-corrected chi connectivity index (χ3v) is 2.80. The molecule has 0 aromatic carbocycles. The maximum absolute atomic E-state index is 11.3. The van der Waals surface area contributed by atoms with Gasteiger partial charge in [-0.1, -0.05) is 12.8 Å². The van der Waals surface area contributed by atoms with Crippen molar-refractivity contribution in [3.63, 3.8) is 0 Å². The molecule has 0 amide bonds. The van der Waals surface area contributed by atoms with E-state index in [-0.39, 0.29) is 17.2 Å². The molecule has 1 aliphatic rings. The summed E-state index contributed by atoms with van der Waals surface area (Å²) in [6.45, 7) is 1.92. The lowest BCUT2D eigenvalue weighted by atomic mass is 10.2. The van der Waals surface area contributed by atoms with Crippen LogP contribution in [0.1, 0.15) is 36.7 Å². The maximum Gasteiger partial charge on any atom is 0.317 e. The van der Waals surface area contributed by atoms with Crippen molar-refractivity contribution in [3.05, 3.63) is 22.0 Å². The first-order valence-corrected chi connectivity index (χ1v) is 5.30. The molecule has 1 aromatic heterocycles. The molecule has 6 nitrogen and oxygen atoms in total. The molecule has 0 radical (unpaired) electrons. The van der Waals surface area contributed by atoms with Gasteiger partial charge in [0.2, 0.25) is 0 Å². The Morgan fingerprint density at radius 1 is 1.69 bits per heavy atom. The molecule has 1 saturated carbocycles. The van der Waals surface area contributed by atoms with Gasteiger partial charge in [0.15, 0.2) is 11.5 Å². The topological polar surface area (TPSA) is 78.0 Å². The van der Waals surface area contributed by atoms with Crippen LogP contribution in [0.25, 0.3) is 0 Å². The molecule has 0 unspecified atom stereocenters. The van der Waals surface area contributed by atoms with Crippen LogP contribution in [0.3, 0.4) is 0 Å². The first-order valence-electron chi connectivity index (χ1n) is 5.30. The first kappa shape index (κ1) is 10.8. The van der Waals surface area contributed by atoms with Gasteiger partial charge in [0, 0.05) is 13.5 Å². The minimum Gasteiger partial charge on any atom is -0.292 e. The van der Waals surface area contributed by atoms with E-state index < -0.39 is 4.92 Å². The van der Waals surface area contributed by atoms with Crippen molar-refractivity contribution in [1.82, 2.24) is 9.78 Å². The van der Waals surface area contributed by atoms with Gasteiger partial charge in [-0.25, -0.2) is 0 Å². The Morgan fingerprint density at radius 3 is 2.88 bits per heavy atom. The monoisotopic (exact) mass is 223 g/mol. The van der Waals surface area contributed by atoms with E-state index in [2.05, 4.69) is 5.10 Å². The van der Waals surface area contributed by atoms with Crippen molar-refractivity contribution in [2.24, 2.45) is 5.92 Å². The molecule has 1 fully saturated rings. The summed E-state index contributed by atoms with van der Waals surface area (Å²) in [4.78, 5) is 21.5. The van der Waals surface area contributed by atoms with E-state index >= 15 is 0 Å². The molecule has 0 bridgehead atoms. The predicted molar refractivity (Wildman–Crippen MR) is 56.2 cm³/mol.